The average molecular weight is 569 g/mol. The highest BCUT2D eigenvalue weighted by atomic mass is 16.6. The lowest BCUT2D eigenvalue weighted by Crippen LogP contribution is -2.52. The average Bonchev–Trinajstić information content (AvgIpc) is 2.91. The number of nitrogens with zero attached hydrogens (tertiary/aromatic N) is 2. The van der Waals surface area contributed by atoms with Crippen molar-refractivity contribution in [2.75, 3.05) is 30.3 Å². The molecule has 0 bridgehead atoms. The van der Waals surface area contributed by atoms with Gasteiger partial charge in [0.25, 0.3) is 5.91 Å². The Morgan fingerprint density at radius 3 is 2.39 bits per heavy atom. The van der Waals surface area contributed by atoms with Crippen LogP contribution in [-0.4, -0.2) is 65.2 Å². The Bertz CT molecular complexity index is 1170. The van der Waals surface area contributed by atoms with Crippen LogP contribution in [0.5, 0.6) is 0 Å². The molecule has 3 amide bonds. The van der Waals surface area contributed by atoms with Crippen LogP contribution >= 0.6 is 0 Å². The van der Waals surface area contributed by atoms with Crippen molar-refractivity contribution in [3.8, 4) is 0 Å². The summed E-state index contributed by atoms with van der Waals surface area (Å²) >= 11 is 0. The number of hydrogen-bond donors (Lipinski definition) is 6. The fraction of sp³-hybridized carbons (Fsp3) is 0.552. The van der Waals surface area contributed by atoms with Gasteiger partial charge in [-0.25, -0.2) is 9.78 Å². The lowest BCUT2D eigenvalue weighted by Gasteiger charge is -2.33. The molecule has 41 heavy (non-hydrogen) atoms. The highest BCUT2D eigenvalue weighted by Crippen LogP contribution is 2.20. The molecule has 1 aliphatic rings. The maximum absolute atomic E-state index is 13.0. The molecule has 2 aromatic rings. The van der Waals surface area contributed by atoms with E-state index in [-0.39, 0.29) is 24.1 Å². The first-order chi connectivity index (χ1) is 19.6. The zero-order valence-electron chi connectivity index (χ0n) is 24.5. The highest BCUT2D eigenvalue weighted by molar-refractivity contribution is 5.98. The molecule has 1 fully saturated rings. The van der Waals surface area contributed by atoms with Crippen molar-refractivity contribution in [2.24, 2.45) is 5.73 Å². The number of rotatable bonds is 13. The van der Waals surface area contributed by atoms with E-state index >= 15 is 0 Å². The van der Waals surface area contributed by atoms with Crippen LogP contribution in [0.15, 0.2) is 30.5 Å². The van der Waals surface area contributed by atoms with E-state index in [1.54, 1.807) is 24.3 Å². The van der Waals surface area contributed by atoms with E-state index in [1.807, 2.05) is 27.7 Å². The quantitative estimate of drug-likeness (QED) is 0.197. The van der Waals surface area contributed by atoms with Gasteiger partial charge in [-0.15, -0.1) is 0 Å². The summed E-state index contributed by atoms with van der Waals surface area (Å²) in [7, 11) is 0. The Morgan fingerprint density at radius 1 is 1.02 bits per heavy atom. The normalized spacial score (nSPS) is 16.9. The molecule has 2 atom stereocenters. The lowest BCUT2D eigenvalue weighted by molar-refractivity contribution is 0.0479. The number of aromatic nitrogens is 2. The third-order valence-electron chi connectivity index (χ3n) is 6.52. The van der Waals surface area contributed by atoms with Crippen LogP contribution in [0.3, 0.4) is 0 Å². The van der Waals surface area contributed by atoms with Gasteiger partial charge < -0.3 is 37.1 Å². The van der Waals surface area contributed by atoms with Crippen molar-refractivity contribution in [3.63, 3.8) is 0 Å². The molecule has 0 spiro atoms. The number of anilines is 3. The van der Waals surface area contributed by atoms with Crippen LogP contribution in [0.4, 0.5) is 22.2 Å². The molecule has 1 aromatic carbocycles. The van der Waals surface area contributed by atoms with Crippen molar-refractivity contribution in [1.29, 1.82) is 0 Å². The molecule has 7 N–H and O–H groups in total. The third-order valence-corrected chi connectivity index (χ3v) is 6.52. The Morgan fingerprint density at radius 2 is 1.73 bits per heavy atom. The van der Waals surface area contributed by atoms with Gasteiger partial charge in [-0.3, -0.25) is 9.59 Å². The van der Waals surface area contributed by atoms with Crippen molar-refractivity contribution in [2.45, 2.75) is 83.9 Å². The zero-order chi connectivity index (χ0) is 29.8. The molecular weight excluding hydrogens is 524 g/mol. The molecule has 1 heterocycles. The maximum atomic E-state index is 13.0. The molecule has 1 aromatic heterocycles. The number of carbonyl (C=O) groups is 3. The van der Waals surface area contributed by atoms with E-state index < -0.39 is 11.5 Å². The van der Waals surface area contributed by atoms with Gasteiger partial charge in [-0.2, -0.15) is 4.98 Å². The number of primary amides is 1. The van der Waals surface area contributed by atoms with E-state index in [0.29, 0.717) is 48.2 Å². The second-order valence-electron chi connectivity index (χ2n) is 11.2. The van der Waals surface area contributed by atoms with E-state index in [4.69, 9.17) is 10.5 Å². The van der Waals surface area contributed by atoms with Crippen molar-refractivity contribution >= 4 is 35.4 Å². The smallest absolute Gasteiger partial charge is 0.407 e. The van der Waals surface area contributed by atoms with Gasteiger partial charge in [0.05, 0.1) is 0 Å². The topological polar surface area (TPSA) is 172 Å². The molecule has 224 valence electrons. The molecule has 12 nitrogen and oxygen atoms in total. The molecular formula is C29H44N8O4. The van der Waals surface area contributed by atoms with Crippen LogP contribution in [-0.2, 0) is 4.74 Å². The lowest BCUT2D eigenvalue weighted by atomic mass is 9.90. The predicted molar refractivity (Wildman–Crippen MR) is 159 cm³/mol. The van der Waals surface area contributed by atoms with Gasteiger partial charge in [-0.1, -0.05) is 19.8 Å². The molecule has 12 heteroatoms. The van der Waals surface area contributed by atoms with Gasteiger partial charge in [0.15, 0.2) is 0 Å². The minimum atomic E-state index is -0.534. The number of benzene rings is 1. The first-order valence-corrected chi connectivity index (χ1v) is 14.3. The van der Waals surface area contributed by atoms with Crippen molar-refractivity contribution < 1.29 is 19.1 Å². The van der Waals surface area contributed by atoms with E-state index in [2.05, 4.69) is 36.6 Å². The molecule has 1 saturated carbocycles. The summed E-state index contributed by atoms with van der Waals surface area (Å²) in [5, 5.41) is 15.8. The first-order valence-electron chi connectivity index (χ1n) is 14.3. The first kappa shape index (κ1) is 31.6. The molecule has 0 unspecified atom stereocenters. The number of nitrogens with one attached hydrogen (secondary N) is 5. The summed E-state index contributed by atoms with van der Waals surface area (Å²) in [6.45, 7) is 9.41. The summed E-state index contributed by atoms with van der Waals surface area (Å²) in [4.78, 5) is 45.3. The Hall–Kier alpha value is -3.93. The largest absolute Gasteiger partial charge is 0.444 e. The second-order valence-corrected chi connectivity index (χ2v) is 11.2. The van der Waals surface area contributed by atoms with Crippen molar-refractivity contribution in [3.05, 3.63) is 41.6 Å². The van der Waals surface area contributed by atoms with Gasteiger partial charge in [0, 0.05) is 42.6 Å². The van der Waals surface area contributed by atoms with Crippen LogP contribution < -0.4 is 32.3 Å². The molecule has 3 rings (SSSR count). The number of carbonyl (C=O) groups excluding carboxylic acids is 3. The summed E-state index contributed by atoms with van der Waals surface area (Å²) < 4.78 is 5.42. The fourth-order valence-corrected chi connectivity index (χ4v) is 4.51. The predicted octanol–water partition coefficient (Wildman–Crippen LogP) is 3.69. The van der Waals surface area contributed by atoms with Crippen LogP contribution in [0, 0.1) is 0 Å². The zero-order valence-corrected chi connectivity index (χ0v) is 24.5. The molecule has 0 saturated heterocycles. The number of amides is 3. The maximum Gasteiger partial charge on any atom is 0.407 e. The summed E-state index contributed by atoms with van der Waals surface area (Å²) in [6, 6.07) is 6.83. The number of ether oxygens (including phenoxy) is 1. The van der Waals surface area contributed by atoms with Crippen LogP contribution in [0.2, 0.25) is 0 Å². The number of alkyl carbamates (subject to hydrolysis) is 1. The van der Waals surface area contributed by atoms with Gasteiger partial charge in [-0.05, 0) is 77.3 Å². The Kier molecular flexibility index (Phi) is 11.7. The number of hydrogen-bond acceptors (Lipinski definition) is 9. The molecule has 0 aliphatic heterocycles. The summed E-state index contributed by atoms with van der Waals surface area (Å²) in [5.74, 6) is -0.00770. The minimum Gasteiger partial charge on any atom is -0.444 e. The van der Waals surface area contributed by atoms with E-state index in [1.165, 1.54) is 6.20 Å². The minimum absolute atomic E-state index is 0.0192. The van der Waals surface area contributed by atoms with Crippen LogP contribution in [0.25, 0.3) is 0 Å². The van der Waals surface area contributed by atoms with E-state index in [0.717, 1.165) is 38.5 Å². The SMILES string of the molecule is CCCNc1nc(Nc2ccc(C(N)=O)cc2)ncc1C(=O)NCCCN[C@H]1CCCC[C@@H]1NC(=O)OC(C)(C)C. The van der Waals surface area contributed by atoms with Crippen LogP contribution in [0.1, 0.15) is 86.9 Å². The molecule has 1 aliphatic carbocycles. The Labute approximate surface area is 242 Å². The van der Waals surface area contributed by atoms with Gasteiger partial charge in [0.1, 0.15) is 17.0 Å². The second kappa shape index (κ2) is 15.2. The summed E-state index contributed by atoms with van der Waals surface area (Å²) in [5.41, 5.74) is 6.21. The fourth-order valence-electron chi connectivity index (χ4n) is 4.51. The highest BCUT2D eigenvalue weighted by Gasteiger charge is 2.28. The third kappa shape index (κ3) is 10.5. The van der Waals surface area contributed by atoms with E-state index in [9.17, 15) is 14.4 Å². The Balaban J connectivity index is 1.50. The van der Waals surface area contributed by atoms with Crippen molar-refractivity contribution in [1.82, 2.24) is 25.9 Å². The summed E-state index contributed by atoms with van der Waals surface area (Å²) in [6.07, 6.45) is 6.75. The van der Waals surface area contributed by atoms with Gasteiger partial charge >= 0.3 is 6.09 Å². The monoisotopic (exact) mass is 568 g/mol. The number of nitrogens with two attached hydrogens (primary N) is 1. The standard InChI is InChI=1S/C29H44N8O4/c1-5-15-32-25-21(18-34-27(37-25)35-20-13-11-19(12-14-20)24(30)38)26(39)33-17-8-16-31-22-9-6-7-10-23(22)36-28(40)41-29(2,3)4/h11-14,18,22-23,31H,5-10,15-17H2,1-4H3,(H2,30,38)(H,33,39)(H,36,40)(H2,32,34,35,37)/t22-,23-/m0/s1. The molecule has 0 radical (unpaired) electrons. The van der Waals surface area contributed by atoms with Gasteiger partial charge in [0.2, 0.25) is 11.9 Å².